The second-order valence-electron chi connectivity index (χ2n) is 6.04. The highest BCUT2D eigenvalue weighted by atomic mass is 16.1. The van der Waals surface area contributed by atoms with E-state index in [1.54, 1.807) is 6.92 Å². The summed E-state index contributed by atoms with van der Waals surface area (Å²) < 4.78 is 0. The number of nitrogens with zero attached hydrogens (tertiary/aromatic N) is 3. The lowest BCUT2D eigenvalue weighted by atomic mass is 9.76. The van der Waals surface area contributed by atoms with Crippen molar-refractivity contribution in [3.8, 4) is 0 Å². The number of hydrogen-bond donors (Lipinski definition) is 2. The maximum Gasteiger partial charge on any atom is 0.274 e. The summed E-state index contributed by atoms with van der Waals surface area (Å²) in [5.74, 6) is 2.04. The second-order valence-corrected chi connectivity index (χ2v) is 6.04. The van der Waals surface area contributed by atoms with E-state index < -0.39 is 0 Å². The summed E-state index contributed by atoms with van der Waals surface area (Å²) in [6.07, 6.45) is 3.43. The zero-order chi connectivity index (χ0) is 14.7. The van der Waals surface area contributed by atoms with Crippen molar-refractivity contribution in [1.29, 1.82) is 0 Å². The zero-order valence-corrected chi connectivity index (χ0v) is 12.6. The fourth-order valence-corrected chi connectivity index (χ4v) is 2.66. The van der Waals surface area contributed by atoms with Crippen molar-refractivity contribution in [2.24, 2.45) is 22.9 Å². The lowest BCUT2D eigenvalue weighted by molar-refractivity contribution is 0.364. The van der Waals surface area contributed by atoms with Gasteiger partial charge in [0.1, 0.15) is 5.69 Å². The molecule has 1 aliphatic carbocycles. The fraction of sp³-hybridized carbons (Fsp3) is 0.714. The molecule has 0 aromatic carbocycles. The van der Waals surface area contributed by atoms with Crippen LogP contribution in [0, 0.1) is 24.7 Å². The molecule has 0 amide bonds. The molecule has 1 aliphatic rings. The van der Waals surface area contributed by atoms with Gasteiger partial charge in [-0.25, -0.2) is 5.43 Å². The van der Waals surface area contributed by atoms with Crippen LogP contribution >= 0.6 is 0 Å². The third-order valence-electron chi connectivity index (χ3n) is 3.93. The molecular weight excluding hydrogens is 254 g/mol. The van der Waals surface area contributed by atoms with Crippen LogP contribution < -0.4 is 11.0 Å². The Morgan fingerprint density at radius 3 is 2.75 bits per heavy atom. The summed E-state index contributed by atoms with van der Waals surface area (Å²) in [7, 11) is 0. The topological polar surface area (TPSA) is 83.0 Å². The van der Waals surface area contributed by atoms with Crippen molar-refractivity contribution in [1.82, 2.24) is 15.2 Å². The van der Waals surface area contributed by atoms with Crippen molar-refractivity contribution < 1.29 is 0 Å². The Morgan fingerprint density at radius 2 is 2.10 bits per heavy atom. The molecule has 2 N–H and O–H groups in total. The molecule has 0 aliphatic heterocycles. The van der Waals surface area contributed by atoms with Gasteiger partial charge in [0.2, 0.25) is 5.95 Å². The molecule has 0 radical (unpaired) electrons. The lowest BCUT2D eigenvalue weighted by Gasteiger charge is -2.30. The average molecular weight is 277 g/mol. The van der Waals surface area contributed by atoms with Gasteiger partial charge in [-0.05, 0) is 38.0 Å². The fourth-order valence-electron chi connectivity index (χ4n) is 2.66. The van der Waals surface area contributed by atoms with Crippen molar-refractivity contribution >= 4 is 11.7 Å². The molecule has 6 nitrogen and oxygen atoms in total. The normalized spacial score (nSPS) is 25.1. The Labute approximate surface area is 119 Å². The Kier molecular flexibility index (Phi) is 4.52. The van der Waals surface area contributed by atoms with Crippen LogP contribution in [0.5, 0.6) is 0 Å². The Balaban J connectivity index is 2.14. The van der Waals surface area contributed by atoms with E-state index in [9.17, 15) is 4.79 Å². The SMILES string of the molecule is Cc1nnc(N/N=C2/C[C@H](C)CC[C@H]2C(C)C)[nH]c1=O. The van der Waals surface area contributed by atoms with Crippen molar-refractivity contribution in [2.45, 2.75) is 47.0 Å². The van der Waals surface area contributed by atoms with E-state index in [1.807, 2.05) is 0 Å². The zero-order valence-electron chi connectivity index (χ0n) is 12.6. The molecule has 110 valence electrons. The van der Waals surface area contributed by atoms with Gasteiger partial charge in [0.15, 0.2) is 0 Å². The Morgan fingerprint density at radius 1 is 1.35 bits per heavy atom. The quantitative estimate of drug-likeness (QED) is 0.831. The van der Waals surface area contributed by atoms with Gasteiger partial charge in [-0.2, -0.15) is 5.10 Å². The highest BCUT2D eigenvalue weighted by Gasteiger charge is 2.27. The molecule has 6 heteroatoms. The smallest absolute Gasteiger partial charge is 0.274 e. The van der Waals surface area contributed by atoms with Crippen LogP contribution in [0.4, 0.5) is 5.95 Å². The number of aromatic amines is 1. The summed E-state index contributed by atoms with van der Waals surface area (Å²) in [5.41, 5.74) is 4.14. The number of aromatic nitrogens is 3. The molecule has 1 aromatic rings. The van der Waals surface area contributed by atoms with Gasteiger partial charge in [0, 0.05) is 11.6 Å². The first kappa shape index (κ1) is 14.7. The Hall–Kier alpha value is -1.72. The molecule has 1 heterocycles. The van der Waals surface area contributed by atoms with E-state index in [0.717, 1.165) is 6.42 Å². The van der Waals surface area contributed by atoms with E-state index in [2.05, 4.69) is 46.5 Å². The summed E-state index contributed by atoms with van der Waals surface area (Å²) in [6.45, 7) is 8.33. The summed E-state index contributed by atoms with van der Waals surface area (Å²) in [5, 5.41) is 12.1. The van der Waals surface area contributed by atoms with Crippen molar-refractivity contribution in [3.63, 3.8) is 0 Å². The second kappa shape index (κ2) is 6.15. The molecule has 0 saturated heterocycles. The molecular formula is C14H23N5O. The van der Waals surface area contributed by atoms with Gasteiger partial charge in [0.05, 0.1) is 0 Å². The van der Waals surface area contributed by atoms with Gasteiger partial charge in [-0.15, -0.1) is 10.2 Å². The monoisotopic (exact) mass is 277 g/mol. The predicted octanol–water partition coefficient (Wildman–Crippen LogP) is 2.33. The maximum absolute atomic E-state index is 11.5. The lowest BCUT2D eigenvalue weighted by Crippen LogP contribution is -2.28. The van der Waals surface area contributed by atoms with Crippen LogP contribution in [0.1, 0.15) is 45.7 Å². The number of hydrazone groups is 1. The number of H-pyrrole nitrogens is 1. The van der Waals surface area contributed by atoms with Crippen LogP contribution in [0.2, 0.25) is 0 Å². The first-order valence-corrected chi connectivity index (χ1v) is 7.23. The van der Waals surface area contributed by atoms with Crippen molar-refractivity contribution in [3.05, 3.63) is 16.0 Å². The number of rotatable bonds is 3. The summed E-state index contributed by atoms with van der Waals surface area (Å²) >= 11 is 0. The molecule has 1 aromatic heterocycles. The molecule has 1 saturated carbocycles. The number of anilines is 1. The summed E-state index contributed by atoms with van der Waals surface area (Å²) in [6, 6.07) is 0. The highest BCUT2D eigenvalue weighted by Crippen LogP contribution is 2.31. The van der Waals surface area contributed by atoms with Gasteiger partial charge >= 0.3 is 0 Å². The average Bonchev–Trinajstić information content (AvgIpc) is 2.40. The summed E-state index contributed by atoms with van der Waals surface area (Å²) in [4.78, 5) is 14.1. The highest BCUT2D eigenvalue weighted by molar-refractivity contribution is 5.88. The third-order valence-corrected chi connectivity index (χ3v) is 3.93. The van der Waals surface area contributed by atoms with Gasteiger partial charge in [-0.1, -0.05) is 20.8 Å². The molecule has 2 rings (SSSR count). The minimum atomic E-state index is -0.236. The molecule has 0 spiro atoms. The number of nitrogens with one attached hydrogen (secondary N) is 2. The molecule has 2 atom stereocenters. The standard InChI is InChI=1S/C14H23N5O/c1-8(2)11-6-5-9(3)7-12(11)17-19-14-15-13(20)10(4)16-18-14/h8-9,11H,5-7H2,1-4H3,(H2,15,18,19,20)/b17-12-/t9-,11+/m1/s1. The van der Waals surface area contributed by atoms with E-state index in [4.69, 9.17) is 0 Å². The van der Waals surface area contributed by atoms with Gasteiger partial charge < -0.3 is 0 Å². The van der Waals surface area contributed by atoms with Crippen LogP contribution in [0.15, 0.2) is 9.90 Å². The van der Waals surface area contributed by atoms with Gasteiger partial charge in [-0.3, -0.25) is 9.78 Å². The van der Waals surface area contributed by atoms with E-state index in [-0.39, 0.29) is 5.56 Å². The maximum atomic E-state index is 11.5. The minimum Gasteiger partial charge on any atom is -0.288 e. The first-order valence-electron chi connectivity index (χ1n) is 7.23. The van der Waals surface area contributed by atoms with E-state index in [1.165, 1.54) is 18.6 Å². The van der Waals surface area contributed by atoms with Gasteiger partial charge in [0.25, 0.3) is 5.56 Å². The van der Waals surface area contributed by atoms with Crippen molar-refractivity contribution in [2.75, 3.05) is 5.43 Å². The number of aryl methyl sites for hydroxylation is 1. The molecule has 20 heavy (non-hydrogen) atoms. The minimum absolute atomic E-state index is 0.236. The predicted molar refractivity (Wildman–Crippen MR) is 79.8 cm³/mol. The third kappa shape index (κ3) is 3.43. The largest absolute Gasteiger partial charge is 0.288 e. The van der Waals surface area contributed by atoms with Crippen LogP contribution in [0.3, 0.4) is 0 Å². The molecule has 1 fully saturated rings. The molecule has 0 unspecified atom stereocenters. The molecule has 0 bridgehead atoms. The van der Waals surface area contributed by atoms with E-state index >= 15 is 0 Å². The number of hydrogen-bond acceptors (Lipinski definition) is 5. The Bertz CT molecular complexity index is 549. The van der Waals surface area contributed by atoms with Crippen LogP contribution in [0.25, 0.3) is 0 Å². The van der Waals surface area contributed by atoms with Crippen LogP contribution in [-0.4, -0.2) is 20.9 Å². The van der Waals surface area contributed by atoms with E-state index in [0.29, 0.717) is 29.4 Å². The first-order chi connectivity index (χ1) is 9.47. The van der Waals surface area contributed by atoms with Crippen LogP contribution in [-0.2, 0) is 0 Å².